The first-order valence-electron chi connectivity index (χ1n) is 10.9. The number of halogens is 3. The maximum Gasteiger partial charge on any atom is 0.416 e. The Bertz CT molecular complexity index is 1040. The average molecular weight is 496 g/mol. The molecule has 35 heavy (non-hydrogen) atoms. The van der Waals surface area contributed by atoms with Crippen molar-refractivity contribution in [2.45, 2.75) is 19.0 Å². The van der Waals surface area contributed by atoms with Crippen molar-refractivity contribution in [1.82, 2.24) is 0 Å². The van der Waals surface area contributed by atoms with E-state index < -0.39 is 30.2 Å². The summed E-state index contributed by atoms with van der Waals surface area (Å²) in [4.78, 5) is 26.3. The SMILES string of the molecule is COc1ccc(CCC(=O)OCC(=O)Nc2cc(C(F)(F)F)ccc2N2CCOCC2)cc1OC. The van der Waals surface area contributed by atoms with Crippen LogP contribution in [0.15, 0.2) is 36.4 Å². The number of rotatable bonds is 9. The smallest absolute Gasteiger partial charge is 0.416 e. The van der Waals surface area contributed by atoms with Gasteiger partial charge >= 0.3 is 12.1 Å². The fourth-order valence-electron chi connectivity index (χ4n) is 3.58. The van der Waals surface area contributed by atoms with Crippen LogP contribution in [0.5, 0.6) is 11.5 Å². The third kappa shape index (κ3) is 7.25. The van der Waals surface area contributed by atoms with Gasteiger partial charge < -0.3 is 29.2 Å². The van der Waals surface area contributed by atoms with Crippen LogP contribution in [0, 0.1) is 0 Å². The van der Waals surface area contributed by atoms with E-state index in [2.05, 4.69) is 5.32 Å². The number of hydrogen-bond donors (Lipinski definition) is 1. The largest absolute Gasteiger partial charge is 0.493 e. The maximum atomic E-state index is 13.2. The van der Waals surface area contributed by atoms with Crippen LogP contribution in [0.3, 0.4) is 0 Å². The van der Waals surface area contributed by atoms with Gasteiger partial charge in [0.15, 0.2) is 18.1 Å². The van der Waals surface area contributed by atoms with E-state index in [1.54, 1.807) is 18.2 Å². The summed E-state index contributed by atoms with van der Waals surface area (Å²) in [5, 5.41) is 2.45. The van der Waals surface area contributed by atoms with Gasteiger partial charge in [0.25, 0.3) is 5.91 Å². The predicted molar refractivity (Wildman–Crippen MR) is 122 cm³/mol. The molecule has 0 atom stereocenters. The van der Waals surface area contributed by atoms with Gasteiger partial charge in [-0.1, -0.05) is 6.07 Å². The zero-order chi connectivity index (χ0) is 25.4. The first-order chi connectivity index (χ1) is 16.7. The summed E-state index contributed by atoms with van der Waals surface area (Å²) in [7, 11) is 3.02. The molecule has 0 saturated carbocycles. The molecule has 0 aliphatic carbocycles. The molecule has 0 radical (unpaired) electrons. The Morgan fingerprint density at radius 2 is 1.74 bits per heavy atom. The monoisotopic (exact) mass is 496 g/mol. The summed E-state index contributed by atoms with van der Waals surface area (Å²) in [6.07, 6.45) is -4.22. The van der Waals surface area contributed by atoms with Crippen LogP contribution in [0.25, 0.3) is 0 Å². The van der Waals surface area contributed by atoms with E-state index in [0.717, 1.165) is 17.7 Å². The molecule has 1 aliphatic heterocycles. The first-order valence-corrected chi connectivity index (χ1v) is 10.9. The molecule has 0 unspecified atom stereocenters. The van der Waals surface area contributed by atoms with E-state index in [0.29, 0.717) is 49.9 Å². The number of carbonyl (C=O) groups is 2. The second-order valence-electron chi connectivity index (χ2n) is 7.73. The van der Waals surface area contributed by atoms with E-state index >= 15 is 0 Å². The van der Waals surface area contributed by atoms with Crippen molar-refractivity contribution in [3.8, 4) is 11.5 Å². The second-order valence-corrected chi connectivity index (χ2v) is 7.73. The van der Waals surface area contributed by atoms with E-state index in [4.69, 9.17) is 18.9 Å². The highest BCUT2D eigenvalue weighted by Gasteiger charge is 2.32. The number of ether oxygens (including phenoxy) is 4. The third-order valence-electron chi connectivity index (χ3n) is 5.38. The summed E-state index contributed by atoms with van der Waals surface area (Å²) < 4.78 is 60.4. The zero-order valence-electron chi connectivity index (χ0n) is 19.4. The molecule has 190 valence electrons. The van der Waals surface area contributed by atoms with Gasteiger partial charge in [0.05, 0.1) is 44.4 Å². The number of alkyl halides is 3. The fourth-order valence-corrected chi connectivity index (χ4v) is 3.58. The molecule has 11 heteroatoms. The Labute approximate surface area is 200 Å². The molecule has 0 spiro atoms. The van der Waals surface area contributed by atoms with Gasteiger partial charge in [0, 0.05) is 19.5 Å². The zero-order valence-corrected chi connectivity index (χ0v) is 19.4. The highest BCUT2D eigenvalue weighted by atomic mass is 19.4. The topological polar surface area (TPSA) is 86.3 Å². The van der Waals surface area contributed by atoms with Crippen molar-refractivity contribution in [2.24, 2.45) is 0 Å². The number of nitrogens with zero attached hydrogens (tertiary/aromatic N) is 1. The van der Waals surface area contributed by atoms with Crippen LogP contribution in [0.1, 0.15) is 17.5 Å². The lowest BCUT2D eigenvalue weighted by Gasteiger charge is -2.31. The van der Waals surface area contributed by atoms with Crippen molar-refractivity contribution in [3.05, 3.63) is 47.5 Å². The van der Waals surface area contributed by atoms with Crippen LogP contribution in [0.4, 0.5) is 24.5 Å². The quantitative estimate of drug-likeness (QED) is 0.530. The minimum absolute atomic E-state index is 0.00531. The molecule has 1 N–H and O–H groups in total. The Kier molecular flexibility index (Phi) is 8.80. The fraction of sp³-hybridized carbons (Fsp3) is 0.417. The Hall–Kier alpha value is -3.47. The van der Waals surface area contributed by atoms with Crippen LogP contribution < -0.4 is 19.7 Å². The van der Waals surface area contributed by atoms with Crippen LogP contribution in [-0.2, 0) is 31.7 Å². The van der Waals surface area contributed by atoms with Gasteiger partial charge in [0.1, 0.15) is 0 Å². The summed E-state index contributed by atoms with van der Waals surface area (Å²) in [6.45, 7) is 1.17. The van der Waals surface area contributed by atoms with Crippen LogP contribution >= 0.6 is 0 Å². The van der Waals surface area contributed by atoms with E-state index in [-0.39, 0.29) is 12.1 Å². The molecule has 1 amide bonds. The third-order valence-corrected chi connectivity index (χ3v) is 5.38. The van der Waals surface area contributed by atoms with E-state index in [9.17, 15) is 22.8 Å². The van der Waals surface area contributed by atoms with Gasteiger partial charge in [-0.15, -0.1) is 0 Å². The molecule has 0 bridgehead atoms. The number of nitrogens with one attached hydrogen (secondary N) is 1. The molecule has 3 rings (SSSR count). The number of morpholine rings is 1. The minimum Gasteiger partial charge on any atom is -0.493 e. The Morgan fingerprint density at radius 3 is 2.40 bits per heavy atom. The highest BCUT2D eigenvalue weighted by molar-refractivity contribution is 5.96. The molecular formula is C24H27F3N2O6. The van der Waals surface area contributed by atoms with E-state index in [1.165, 1.54) is 20.3 Å². The summed E-state index contributed by atoms with van der Waals surface area (Å²) in [6, 6.07) is 8.39. The lowest BCUT2D eigenvalue weighted by Crippen LogP contribution is -2.37. The molecule has 8 nitrogen and oxygen atoms in total. The summed E-state index contributed by atoms with van der Waals surface area (Å²) >= 11 is 0. The van der Waals surface area contributed by atoms with Crippen molar-refractivity contribution in [2.75, 3.05) is 57.3 Å². The summed E-state index contributed by atoms with van der Waals surface area (Å²) in [5.74, 6) is -0.276. The number of esters is 1. The van der Waals surface area contributed by atoms with Gasteiger partial charge in [-0.05, 0) is 42.3 Å². The van der Waals surface area contributed by atoms with Gasteiger partial charge in [-0.2, -0.15) is 13.2 Å². The van der Waals surface area contributed by atoms with Gasteiger partial charge in [-0.3, -0.25) is 9.59 Å². The lowest BCUT2D eigenvalue weighted by atomic mass is 10.1. The molecule has 1 heterocycles. The molecule has 0 aromatic heterocycles. The molecule has 2 aromatic carbocycles. The van der Waals surface area contributed by atoms with Crippen LogP contribution in [0.2, 0.25) is 0 Å². The average Bonchev–Trinajstić information content (AvgIpc) is 2.86. The Balaban J connectivity index is 1.58. The van der Waals surface area contributed by atoms with Crippen LogP contribution in [-0.4, -0.2) is 59.0 Å². The number of aryl methyl sites for hydroxylation is 1. The molecule has 2 aromatic rings. The number of anilines is 2. The lowest BCUT2D eigenvalue weighted by molar-refractivity contribution is -0.147. The number of methoxy groups -OCH3 is 2. The van der Waals surface area contributed by atoms with Crippen molar-refractivity contribution in [1.29, 1.82) is 0 Å². The highest BCUT2D eigenvalue weighted by Crippen LogP contribution is 2.36. The molecule has 1 aliphatic rings. The number of amides is 1. The normalized spacial score (nSPS) is 13.8. The van der Waals surface area contributed by atoms with Gasteiger partial charge in [0.2, 0.25) is 0 Å². The minimum atomic E-state index is -4.57. The molecular weight excluding hydrogens is 469 g/mol. The maximum absolute atomic E-state index is 13.2. The summed E-state index contributed by atoms with van der Waals surface area (Å²) in [5.41, 5.74) is 0.349. The van der Waals surface area contributed by atoms with E-state index in [1.807, 2.05) is 4.90 Å². The second kappa shape index (κ2) is 11.8. The van der Waals surface area contributed by atoms with Crippen molar-refractivity contribution in [3.63, 3.8) is 0 Å². The first kappa shape index (κ1) is 26.1. The standard InChI is InChI=1S/C24H27F3N2O6/c1-32-20-7-3-16(13-21(20)33-2)4-8-23(31)35-15-22(30)28-18-14-17(24(25,26)27)5-6-19(18)29-9-11-34-12-10-29/h3,5-7,13-14H,4,8-12,15H2,1-2H3,(H,28,30). The Morgan fingerprint density at radius 1 is 1.03 bits per heavy atom. The number of benzene rings is 2. The molecule has 1 saturated heterocycles. The molecule has 1 fully saturated rings. The predicted octanol–water partition coefficient (Wildman–Crippen LogP) is 3.67. The van der Waals surface area contributed by atoms with Gasteiger partial charge in [-0.25, -0.2) is 0 Å². The number of hydrogen-bond acceptors (Lipinski definition) is 7. The van der Waals surface area contributed by atoms with Crippen molar-refractivity contribution < 1.29 is 41.7 Å². The number of carbonyl (C=O) groups excluding carboxylic acids is 2. The van der Waals surface area contributed by atoms with Crippen molar-refractivity contribution >= 4 is 23.3 Å².